The van der Waals surface area contributed by atoms with Crippen molar-refractivity contribution in [2.75, 3.05) is 33.2 Å². The molecule has 1 N–H and O–H groups in total. The van der Waals surface area contributed by atoms with E-state index in [1.807, 2.05) is 12.3 Å². The van der Waals surface area contributed by atoms with Gasteiger partial charge in [0.15, 0.2) is 0 Å². The number of hydrogen-bond donors (Lipinski definition) is 1. The molecule has 2 aromatic heterocycles. The van der Waals surface area contributed by atoms with Crippen LogP contribution >= 0.6 is 0 Å². The van der Waals surface area contributed by atoms with Crippen LogP contribution in [0, 0.1) is 0 Å². The lowest BCUT2D eigenvalue weighted by Crippen LogP contribution is -2.43. The molecule has 1 saturated heterocycles. The molecule has 0 bridgehead atoms. The fourth-order valence-electron chi connectivity index (χ4n) is 3.19. The van der Waals surface area contributed by atoms with Gasteiger partial charge in [0.25, 0.3) is 5.56 Å². The van der Waals surface area contributed by atoms with Crippen LogP contribution in [0.3, 0.4) is 0 Å². The number of fused-ring (bicyclic) bond motifs is 1. The summed E-state index contributed by atoms with van der Waals surface area (Å²) in [5.41, 5.74) is 3.91. The summed E-state index contributed by atoms with van der Waals surface area (Å²) in [6, 6.07) is 4.06. The average Bonchev–Trinajstić information content (AvgIpc) is 3.33. The second-order valence-corrected chi connectivity index (χ2v) is 6.68. The Labute approximate surface area is 130 Å². The fraction of sp³-hybridized carbons (Fsp3) is 0.529. The minimum atomic E-state index is 0.0635. The molecule has 5 heteroatoms. The van der Waals surface area contributed by atoms with Gasteiger partial charge in [-0.15, -0.1) is 0 Å². The molecule has 0 amide bonds. The minimum Gasteiger partial charge on any atom is -0.320 e. The van der Waals surface area contributed by atoms with Crippen molar-refractivity contribution >= 4 is 11.0 Å². The molecule has 0 atom stereocenters. The Morgan fingerprint density at radius 3 is 2.73 bits per heavy atom. The van der Waals surface area contributed by atoms with E-state index in [0.29, 0.717) is 5.92 Å². The van der Waals surface area contributed by atoms with E-state index in [1.165, 1.54) is 5.56 Å². The van der Waals surface area contributed by atoms with Crippen molar-refractivity contribution in [3.05, 3.63) is 39.8 Å². The molecule has 1 saturated carbocycles. The first-order valence-electron chi connectivity index (χ1n) is 8.12. The van der Waals surface area contributed by atoms with E-state index in [0.717, 1.165) is 62.2 Å². The summed E-state index contributed by atoms with van der Waals surface area (Å²) < 4.78 is 0. The Balaban J connectivity index is 1.58. The number of hydrogen-bond acceptors (Lipinski definition) is 4. The largest absolute Gasteiger partial charge is 0.320 e. The summed E-state index contributed by atoms with van der Waals surface area (Å²) in [6.45, 7) is 5.31. The highest BCUT2D eigenvalue weighted by molar-refractivity contribution is 5.75. The second-order valence-electron chi connectivity index (χ2n) is 6.68. The molecule has 0 aromatic carbocycles. The number of nitrogens with zero attached hydrogens (tertiary/aromatic N) is 3. The molecule has 0 spiro atoms. The first-order chi connectivity index (χ1) is 10.7. The van der Waals surface area contributed by atoms with Gasteiger partial charge in [-0.05, 0) is 43.5 Å². The maximum absolute atomic E-state index is 12.2. The molecular weight excluding hydrogens is 276 g/mol. The van der Waals surface area contributed by atoms with Gasteiger partial charge in [0.1, 0.15) is 0 Å². The predicted molar refractivity (Wildman–Crippen MR) is 87.1 cm³/mol. The number of likely N-dealkylation sites (N-methyl/N-ethyl adjacent to an activating group) is 1. The smallest absolute Gasteiger partial charge is 0.252 e. The van der Waals surface area contributed by atoms with Gasteiger partial charge >= 0.3 is 0 Å². The predicted octanol–water partition coefficient (Wildman–Crippen LogP) is 1.55. The van der Waals surface area contributed by atoms with E-state index in [2.05, 4.69) is 32.9 Å². The maximum atomic E-state index is 12.2. The van der Waals surface area contributed by atoms with Crippen LogP contribution in [0.2, 0.25) is 0 Å². The SMILES string of the molecule is CN1CCN(Cc2cnc3cc(C4CC4)c(=O)[nH]c3c2)CC1. The third kappa shape index (κ3) is 2.78. The number of pyridine rings is 2. The molecule has 116 valence electrons. The van der Waals surface area contributed by atoms with Crippen LogP contribution in [0.1, 0.15) is 29.9 Å². The summed E-state index contributed by atoms with van der Waals surface area (Å²) in [5, 5.41) is 0. The monoisotopic (exact) mass is 298 g/mol. The number of nitrogens with one attached hydrogen (secondary N) is 1. The molecule has 1 aliphatic carbocycles. The number of rotatable bonds is 3. The van der Waals surface area contributed by atoms with Crippen molar-refractivity contribution in [3.63, 3.8) is 0 Å². The van der Waals surface area contributed by atoms with Gasteiger partial charge < -0.3 is 9.88 Å². The van der Waals surface area contributed by atoms with Crippen molar-refractivity contribution in [2.24, 2.45) is 0 Å². The number of piperazine rings is 1. The summed E-state index contributed by atoms with van der Waals surface area (Å²) >= 11 is 0. The second kappa shape index (κ2) is 5.48. The van der Waals surface area contributed by atoms with Gasteiger partial charge in [0, 0.05) is 44.5 Å². The highest BCUT2D eigenvalue weighted by atomic mass is 16.1. The van der Waals surface area contributed by atoms with E-state index in [4.69, 9.17) is 0 Å². The quantitative estimate of drug-likeness (QED) is 0.934. The molecule has 5 nitrogen and oxygen atoms in total. The molecular formula is C17H22N4O. The van der Waals surface area contributed by atoms with Crippen LogP contribution in [-0.2, 0) is 6.54 Å². The van der Waals surface area contributed by atoms with Gasteiger partial charge in [0.2, 0.25) is 0 Å². The third-order valence-electron chi connectivity index (χ3n) is 4.80. The standard InChI is InChI=1S/C17H22N4O/c1-20-4-6-21(7-5-20)11-12-8-16-15(18-10-12)9-14(13-2-3-13)17(22)19-16/h8-10,13H,2-7,11H2,1H3,(H,19,22). The lowest BCUT2D eigenvalue weighted by atomic mass is 10.1. The van der Waals surface area contributed by atoms with Gasteiger partial charge in [-0.1, -0.05) is 0 Å². The summed E-state index contributed by atoms with van der Waals surface area (Å²) in [6.07, 6.45) is 4.22. The summed E-state index contributed by atoms with van der Waals surface area (Å²) in [5.74, 6) is 0.458. The Morgan fingerprint density at radius 1 is 1.23 bits per heavy atom. The topological polar surface area (TPSA) is 52.2 Å². The number of H-pyrrole nitrogens is 1. The molecule has 1 aliphatic heterocycles. The third-order valence-corrected chi connectivity index (χ3v) is 4.80. The van der Waals surface area contributed by atoms with Crippen molar-refractivity contribution < 1.29 is 0 Å². The van der Waals surface area contributed by atoms with Crippen molar-refractivity contribution in [3.8, 4) is 0 Å². The van der Waals surface area contributed by atoms with E-state index in [1.54, 1.807) is 0 Å². The van der Waals surface area contributed by atoms with E-state index in [9.17, 15) is 4.79 Å². The molecule has 2 fully saturated rings. The van der Waals surface area contributed by atoms with Gasteiger partial charge in [0.05, 0.1) is 11.0 Å². The molecule has 2 aromatic rings. The van der Waals surface area contributed by atoms with Crippen LogP contribution in [0.25, 0.3) is 11.0 Å². The lowest BCUT2D eigenvalue weighted by Gasteiger charge is -2.32. The van der Waals surface area contributed by atoms with Gasteiger partial charge in [-0.2, -0.15) is 0 Å². The van der Waals surface area contributed by atoms with Gasteiger partial charge in [-0.3, -0.25) is 14.7 Å². The first-order valence-corrected chi connectivity index (χ1v) is 8.12. The Kier molecular flexibility index (Phi) is 3.47. The highest BCUT2D eigenvalue weighted by Gasteiger charge is 2.26. The Morgan fingerprint density at radius 2 is 2.00 bits per heavy atom. The number of aromatic nitrogens is 2. The maximum Gasteiger partial charge on any atom is 0.252 e. The summed E-state index contributed by atoms with van der Waals surface area (Å²) in [4.78, 5) is 24.5. The molecule has 0 radical (unpaired) electrons. The van der Waals surface area contributed by atoms with Gasteiger partial charge in [-0.25, -0.2) is 0 Å². The molecule has 3 heterocycles. The van der Waals surface area contributed by atoms with E-state index < -0.39 is 0 Å². The zero-order valence-electron chi connectivity index (χ0n) is 13.0. The highest BCUT2D eigenvalue weighted by Crippen LogP contribution is 2.38. The lowest BCUT2D eigenvalue weighted by molar-refractivity contribution is 0.148. The zero-order valence-corrected chi connectivity index (χ0v) is 13.0. The van der Waals surface area contributed by atoms with Crippen LogP contribution < -0.4 is 5.56 Å². The van der Waals surface area contributed by atoms with Crippen molar-refractivity contribution in [1.29, 1.82) is 0 Å². The molecule has 0 unspecified atom stereocenters. The molecule has 4 rings (SSSR count). The Bertz CT molecular complexity index is 742. The fourth-order valence-corrected chi connectivity index (χ4v) is 3.19. The zero-order chi connectivity index (χ0) is 15.1. The van der Waals surface area contributed by atoms with Crippen LogP contribution in [-0.4, -0.2) is 53.0 Å². The van der Waals surface area contributed by atoms with Crippen LogP contribution in [0.15, 0.2) is 23.1 Å². The van der Waals surface area contributed by atoms with Crippen molar-refractivity contribution in [1.82, 2.24) is 19.8 Å². The number of aromatic amines is 1. The Hall–Kier alpha value is -1.72. The van der Waals surface area contributed by atoms with E-state index >= 15 is 0 Å². The molecule has 2 aliphatic rings. The average molecular weight is 298 g/mol. The minimum absolute atomic E-state index is 0.0635. The van der Waals surface area contributed by atoms with E-state index in [-0.39, 0.29) is 5.56 Å². The van der Waals surface area contributed by atoms with Crippen LogP contribution in [0.5, 0.6) is 0 Å². The first kappa shape index (κ1) is 13.9. The summed E-state index contributed by atoms with van der Waals surface area (Å²) in [7, 11) is 2.16. The van der Waals surface area contributed by atoms with Crippen LogP contribution in [0.4, 0.5) is 0 Å². The molecule has 22 heavy (non-hydrogen) atoms. The normalized spacial score (nSPS) is 20.6. The van der Waals surface area contributed by atoms with Crippen molar-refractivity contribution in [2.45, 2.75) is 25.3 Å².